The van der Waals surface area contributed by atoms with Crippen LogP contribution in [-0.2, 0) is 10.8 Å². The molecule has 0 N–H and O–H groups in total. The molecule has 0 saturated carbocycles. The van der Waals surface area contributed by atoms with E-state index in [0.717, 1.165) is 130 Å². The lowest BCUT2D eigenvalue weighted by Gasteiger charge is -2.40. The fourth-order valence-corrected chi connectivity index (χ4v) is 23.1. The van der Waals surface area contributed by atoms with E-state index >= 15 is 0 Å². The summed E-state index contributed by atoms with van der Waals surface area (Å²) in [6.07, 6.45) is 16.7. The first-order valence-corrected chi connectivity index (χ1v) is 44.8. The quantitative estimate of drug-likeness (QED) is 0.109. The largest absolute Gasteiger partial charge is 0.456 e. The second-order valence-corrected chi connectivity index (χ2v) is 34.9. The van der Waals surface area contributed by atoms with Gasteiger partial charge in [0.05, 0.1) is 22.2 Å². The van der Waals surface area contributed by atoms with Crippen LogP contribution in [0.1, 0.15) is 63.8 Å². The highest BCUT2D eigenvalue weighted by Crippen LogP contribution is 2.66. The van der Waals surface area contributed by atoms with Crippen LogP contribution in [0.25, 0.3) is 160 Å². The summed E-state index contributed by atoms with van der Waals surface area (Å²) in [5, 5.41) is 9.21. The predicted molar refractivity (Wildman–Crippen MR) is 533 cm³/mol. The van der Waals surface area contributed by atoms with Crippen molar-refractivity contribution in [1.82, 2.24) is 0 Å². The van der Waals surface area contributed by atoms with Gasteiger partial charge in [-0.15, -0.1) is 0 Å². The molecule has 19 aromatic carbocycles. The highest BCUT2D eigenvalue weighted by molar-refractivity contribution is 6.16. The minimum Gasteiger partial charge on any atom is -0.456 e. The number of rotatable bonds is 14. The molecule has 0 aliphatic heterocycles. The van der Waals surface area contributed by atoms with Gasteiger partial charge in [-0.05, 0) is 266 Å². The van der Waals surface area contributed by atoms with E-state index < -0.39 is 10.8 Å². The van der Waals surface area contributed by atoms with Crippen molar-refractivity contribution in [3.8, 4) is 89.0 Å². The first kappa shape index (κ1) is 73.4. The summed E-state index contributed by atoms with van der Waals surface area (Å²) in [4.78, 5) is 5.02. The van der Waals surface area contributed by atoms with Crippen LogP contribution < -0.4 is 9.80 Å². The Morgan fingerprint density at radius 3 is 1.45 bits per heavy atom. The normalized spacial score (nSPS) is 15.5. The van der Waals surface area contributed by atoms with Crippen LogP contribution in [0.3, 0.4) is 0 Å². The maximum absolute atomic E-state index is 7.11. The van der Waals surface area contributed by atoms with E-state index in [1.165, 1.54) is 127 Å². The first-order valence-electron chi connectivity index (χ1n) is 44.8. The van der Waals surface area contributed by atoms with E-state index in [-0.39, 0.29) is 5.92 Å². The second kappa shape index (κ2) is 29.3. The Bertz CT molecular complexity index is 8250. The summed E-state index contributed by atoms with van der Waals surface area (Å²) < 4.78 is 13.7. The summed E-state index contributed by atoms with van der Waals surface area (Å²) in [6, 6.07) is 156. The van der Waals surface area contributed by atoms with Gasteiger partial charge in [-0.2, -0.15) is 0 Å². The maximum atomic E-state index is 7.11. The number of nitrogens with zero attached hydrogens (tertiary/aromatic N) is 2. The van der Waals surface area contributed by atoms with Crippen molar-refractivity contribution in [2.75, 3.05) is 9.80 Å². The summed E-state index contributed by atoms with van der Waals surface area (Å²) in [6.45, 7) is 0. The van der Waals surface area contributed by atoms with Gasteiger partial charge >= 0.3 is 0 Å². The monoisotopic (exact) mass is 1630 g/mol. The van der Waals surface area contributed by atoms with Crippen LogP contribution in [0, 0.1) is 5.92 Å². The summed E-state index contributed by atoms with van der Waals surface area (Å²) in [5.41, 5.74) is 40.0. The number of anilines is 5. The minimum atomic E-state index is -0.462. The number of fused-ring (bicyclic) bond motifs is 21. The molecule has 0 bridgehead atoms. The SMILES string of the molecule is C1=CCC(C2(c3ccccc3)c3ccccc3-c3c(N(c4ccc(-c5cccc6ccccc56)cc4)c4ccccc4-c4cccc5oc6cc(-c7ccc8c(-c9ccc(N(C%10=C(c%11cccc%12oc%13ccccc%13c%11%12)CCC=C%10)c%10ccc(-c%11cccc%12c%11-c%11ccccc%11C%12%11c%12ccccc%12-c%12ccccc%12%11)cc%10)cc9)cccc8c7)ccc6c45)cccc32)C=C1. The Balaban J connectivity index is 0.563. The lowest BCUT2D eigenvalue weighted by atomic mass is 9.62. The zero-order valence-electron chi connectivity index (χ0n) is 70.2. The molecule has 26 rings (SSSR count). The third-order valence-corrected chi connectivity index (χ3v) is 28.5. The average molecular weight is 1630 g/mol. The first-order chi connectivity index (χ1) is 63.5. The van der Waals surface area contributed by atoms with Crippen molar-refractivity contribution in [2.45, 2.75) is 30.1 Å². The van der Waals surface area contributed by atoms with Gasteiger partial charge in [0.15, 0.2) is 0 Å². The van der Waals surface area contributed by atoms with E-state index in [1.54, 1.807) is 0 Å². The number of benzene rings is 19. The van der Waals surface area contributed by atoms with E-state index in [4.69, 9.17) is 8.83 Å². The molecule has 0 radical (unpaired) electrons. The predicted octanol–water partition coefficient (Wildman–Crippen LogP) is 33.3. The second-order valence-electron chi connectivity index (χ2n) is 34.9. The molecule has 1 spiro atoms. The Labute approximate surface area is 743 Å². The van der Waals surface area contributed by atoms with Crippen LogP contribution >= 0.6 is 0 Å². The minimum absolute atomic E-state index is 0.173. The van der Waals surface area contributed by atoms with Crippen molar-refractivity contribution < 1.29 is 8.83 Å². The Morgan fingerprint density at radius 1 is 0.273 bits per heavy atom. The van der Waals surface area contributed by atoms with Crippen molar-refractivity contribution in [3.05, 3.63) is 505 Å². The lowest BCUT2D eigenvalue weighted by Crippen LogP contribution is -2.35. The molecular weight excluding hydrogens is 1550 g/mol. The van der Waals surface area contributed by atoms with Gasteiger partial charge in [0.2, 0.25) is 0 Å². The highest BCUT2D eigenvalue weighted by Gasteiger charge is 2.53. The van der Waals surface area contributed by atoms with Crippen LogP contribution in [0.2, 0.25) is 0 Å². The van der Waals surface area contributed by atoms with E-state index in [1.807, 2.05) is 0 Å². The third-order valence-electron chi connectivity index (χ3n) is 28.5. The van der Waals surface area contributed by atoms with Crippen molar-refractivity contribution in [2.24, 2.45) is 5.92 Å². The zero-order valence-corrected chi connectivity index (χ0v) is 70.2. The van der Waals surface area contributed by atoms with E-state index in [0.29, 0.717) is 0 Å². The van der Waals surface area contributed by atoms with Crippen molar-refractivity contribution >= 4 is 99.4 Å². The molecule has 0 saturated heterocycles. The summed E-state index contributed by atoms with van der Waals surface area (Å²) in [7, 11) is 0. The smallest absolute Gasteiger partial charge is 0.136 e. The van der Waals surface area contributed by atoms with Crippen LogP contribution in [0.15, 0.2) is 470 Å². The van der Waals surface area contributed by atoms with Crippen LogP contribution in [0.4, 0.5) is 28.4 Å². The third kappa shape index (κ3) is 11.0. The standard InChI is InChI=1S/C124H82N2O2/c1-3-32-86(33-4-1)123(87-34-5-2-6-35-87)108-51-18-12-42-103(108)122-111(123)54-28-57-114(122)126(90-73-63-80(64-74-90)92-44-23-30-79-29-7-8-36-91(79)92)113-56-21-14-40-99(113)101-48-27-60-117-121(101)105-76-68-84(78-118(105)128-117)83-67-75-94-85(77-83)31-24-45-93(94)81-61-69-88(70-62-81)125(112-55-20-13-39-98(112)100-47-26-59-116-120(100)104-43-15-22-58-115(104)127-116)89-71-65-82(66-72-89)95-46-25-53-110-119(95)102-41-11-19-52-109(102)124(110)106-49-16-9-37-96(106)97-38-10-17-50-107(97)124/h1-12,14-34,36-38,40-78,87H,13,35,39H2. The molecule has 2 unspecified atom stereocenters. The Kier molecular flexibility index (Phi) is 16.8. The van der Waals surface area contributed by atoms with Gasteiger partial charge in [0, 0.05) is 55.4 Å². The molecule has 5 aliphatic carbocycles. The van der Waals surface area contributed by atoms with E-state index in [2.05, 4.69) is 465 Å². The molecule has 21 aromatic rings. The van der Waals surface area contributed by atoms with Gasteiger partial charge in [-0.25, -0.2) is 0 Å². The van der Waals surface area contributed by atoms with Gasteiger partial charge in [-0.3, -0.25) is 0 Å². The van der Waals surface area contributed by atoms with E-state index in [9.17, 15) is 0 Å². The molecule has 2 aromatic heterocycles. The van der Waals surface area contributed by atoms with Crippen LogP contribution in [0.5, 0.6) is 0 Å². The molecule has 4 nitrogen and oxygen atoms in total. The zero-order chi connectivity index (χ0) is 84.1. The average Bonchev–Trinajstić information content (AvgIpc) is 1.51. The molecule has 0 fully saturated rings. The van der Waals surface area contributed by atoms with Gasteiger partial charge < -0.3 is 18.6 Å². The molecule has 4 heteroatoms. The molecular formula is C124H82N2O2. The molecule has 5 aliphatic rings. The molecule has 0 amide bonds. The fraction of sp³-hybridized carbons (Fsp3) is 0.0484. The summed E-state index contributed by atoms with van der Waals surface area (Å²) >= 11 is 0. The number of hydrogen-bond donors (Lipinski definition) is 0. The number of hydrogen-bond acceptors (Lipinski definition) is 4. The Hall–Kier alpha value is -16.1. The molecule has 2 heterocycles. The van der Waals surface area contributed by atoms with Gasteiger partial charge in [0.1, 0.15) is 22.3 Å². The van der Waals surface area contributed by atoms with Crippen molar-refractivity contribution in [1.29, 1.82) is 0 Å². The number of para-hydroxylation sites is 2. The maximum Gasteiger partial charge on any atom is 0.136 e. The molecule has 2 atom stereocenters. The number of allylic oxidation sites excluding steroid dienone is 7. The summed E-state index contributed by atoms with van der Waals surface area (Å²) in [5.74, 6) is 0.173. The number of furan rings is 2. The molecule has 128 heavy (non-hydrogen) atoms. The van der Waals surface area contributed by atoms with Gasteiger partial charge in [0.25, 0.3) is 0 Å². The van der Waals surface area contributed by atoms with Gasteiger partial charge in [-0.1, -0.05) is 364 Å². The lowest BCUT2D eigenvalue weighted by molar-refractivity contribution is 0.457. The van der Waals surface area contributed by atoms with Crippen molar-refractivity contribution in [3.63, 3.8) is 0 Å². The molecule has 600 valence electrons. The van der Waals surface area contributed by atoms with Crippen LogP contribution in [-0.4, -0.2) is 0 Å². The topological polar surface area (TPSA) is 32.8 Å². The Morgan fingerprint density at radius 2 is 0.734 bits per heavy atom. The fourth-order valence-electron chi connectivity index (χ4n) is 23.1. The highest BCUT2D eigenvalue weighted by atomic mass is 16.3.